The summed E-state index contributed by atoms with van der Waals surface area (Å²) in [6.45, 7) is 5.35. The predicted octanol–water partition coefficient (Wildman–Crippen LogP) is 6.60. The number of nitrogens with one attached hydrogen (secondary N) is 3. The van der Waals surface area contributed by atoms with E-state index in [0.29, 0.717) is 23.2 Å². The third kappa shape index (κ3) is 6.61. The Labute approximate surface area is 230 Å². The van der Waals surface area contributed by atoms with Crippen LogP contribution in [-0.4, -0.2) is 34.5 Å². The number of hydrogen-bond acceptors (Lipinski definition) is 5. The maximum atomic E-state index is 13.4. The first-order valence-electron chi connectivity index (χ1n) is 12.2. The van der Waals surface area contributed by atoms with Gasteiger partial charge in [0.25, 0.3) is 0 Å². The number of nitriles is 1. The smallest absolute Gasteiger partial charge is 0.407 e. The minimum absolute atomic E-state index is 0.181. The summed E-state index contributed by atoms with van der Waals surface area (Å²) in [5.74, 6) is -0.181. The van der Waals surface area contributed by atoms with Gasteiger partial charge in [0.2, 0.25) is 0 Å². The molecule has 1 amide bonds. The van der Waals surface area contributed by atoms with Gasteiger partial charge < -0.3 is 20.4 Å². The molecule has 0 bridgehead atoms. The van der Waals surface area contributed by atoms with Crippen molar-refractivity contribution in [2.75, 3.05) is 5.32 Å². The lowest BCUT2D eigenvalue weighted by molar-refractivity contribution is 0.0502. The third-order valence-corrected chi connectivity index (χ3v) is 6.42. The number of ketones is 1. The van der Waals surface area contributed by atoms with E-state index in [1.54, 1.807) is 63.2 Å². The zero-order chi connectivity index (χ0) is 27.3. The van der Waals surface area contributed by atoms with Gasteiger partial charge in [-0.15, -0.1) is 0 Å². The molecular weight excluding hydrogens is 544 g/mol. The molecular formula is C30H29BrN4O3. The molecule has 1 unspecified atom stereocenters. The number of para-hydroxylation sites is 1. The van der Waals surface area contributed by atoms with Crippen LogP contribution in [0.2, 0.25) is 0 Å². The molecule has 0 saturated heterocycles. The molecule has 194 valence electrons. The van der Waals surface area contributed by atoms with Crippen LogP contribution in [0.1, 0.15) is 42.3 Å². The van der Waals surface area contributed by atoms with E-state index in [-0.39, 0.29) is 5.78 Å². The van der Waals surface area contributed by atoms with Gasteiger partial charge in [-0.05, 0) is 57.0 Å². The number of ether oxygens (including phenoxy) is 1. The SMILES string of the molecule is CC(C)(C)OC(=O)N[C@@H](Cc1c[nH]c2ccccc12)C(C#N)Nc1ccc(Br)cc1C(=O)c1ccccc1. The number of H-pyrrole nitrogens is 1. The van der Waals surface area contributed by atoms with Crippen molar-refractivity contribution in [3.8, 4) is 6.07 Å². The summed E-state index contributed by atoms with van der Waals surface area (Å²) in [5, 5.41) is 17.3. The van der Waals surface area contributed by atoms with Crippen molar-refractivity contribution in [1.29, 1.82) is 5.26 Å². The second-order valence-electron chi connectivity index (χ2n) is 9.95. The molecule has 38 heavy (non-hydrogen) atoms. The lowest BCUT2D eigenvalue weighted by atomic mass is 9.97. The molecule has 0 fully saturated rings. The Morgan fingerprint density at radius 2 is 1.76 bits per heavy atom. The normalized spacial score (nSPS) is 12.8. The summed E-state index contributed by atoms with van der Waals surface area (Å²) >= 11 is 3.45. The Balaban J connectivity index is 1.67. The van der Waals surface area contributed by atoms with Crippen molar-refractivity contribution in [3.63, 3.8) is 0 Å². The van der Waals surface area contributed by atoms with Gasteiger partial charge in [-0.25, -0.2) is 4.79 Å². The quantitative estimate of drug-likeness (QED) is 0.206. The number of aromatic nitrogens is 1. The minimum Gasteiger partial charge on any atom is -0.444 e. The highest BCUT2D eigenvalue weighted by molar-refractivity contribution is 9.10. The summed E-state index contributed by atoms with van der Waals surface area (Å²) in [6.07, 6.45) is 1.61. The number of anilines is 1. The highest BCUT2D eigenvalue weighted by Crippen LogP contribution is 2.26. The van der Waals surface area contributed by atoms with Crippen molar-refractivity contribution in [1.82, 2.24) is 10.3 Å². The fourth-order valence-corrected chi connectivity index (χ4v) is 4.58. The predicted molar refractivity (Wildman–Crippen MR) is 152 cm³/mol. The first kappa shape index (κ1) is 27.0. The lowest BCUT2D eigenvalue weighted by Crippen LogP contribution is -2.49. The van der Waals surface area contributed by atoms with E-state index in [9.17, 15) is 14.9 Å². The van der Waals surface area contributed by atoms with Gasteiger partial charge in [0.1, 0.15) is 11.6 Å². The number of halogens is 1. The first-order chi connectivity index (χ1) is 18.1. The van der Waals surface area contributed by atoms with Crippen LogP contribution in [0, 0.1) is 11.3 Å². The molecule has 4 rings (SSSR count). The molecule has 1 heterocycles. The molecule has 8 heteroatoms. The van der Waals surface area contributed by atoms with Gasteiger partial charge in [-0.1, -0.05) is 64.5 Å². The molecule has 0 aliphatic heterocycles. The van der Waals surface area contributed by atoms with Crippen LogP contribution in [0.4, 0.5) is 10.5 Å². The second-order valence-corrected chi connectivity index (χ2v) is 10.9. The Hall–Kier alpha value is -4.09. The van der Waals surface area contributed by atoms with Gasteiger partial charge in [0.15, 0.2) is 5.78 Å². The molecule has 3 aromatic carbocycles. The van der Waals surface area contributed by atoms with Crippen molar-refractivity contribution >= 4 is 44.4 Å². The van der Waals surface area contributed by atoms with Crippen molar-refractivity contribution < 1.29 is 14.3 Å². The second kappa shape index (κ2) is 11.5. The number of rotatable bonds is 8. The Morgan fingerprint density at radius 3 is 2.47 bits per heavy atom. The topological polar surface area (TPSA) is 107 Å². The number of nitrogens with zero attached hydrogens (tertiary/aromatic N) is 1. The van der Waals surface area contributed by atoms with Crippen molar-refractivity contribution in [3.05, 3.63) is 100 Å². The van der Waals surface area contributed by atoms with Crippen LogP contribution in [-0.2, 0) is 11.2 Å². The van der Waals surface area contributed by atoms with Gasteiger partial charge >= 0.3 is 6.09 Å². The van der Waals surface area contributed by atoms with Gasteiger partial charge in [-0.3, -0.25) is 4.79 Å². The molecule has 1 aromatic heterocycles. The molecule has 0 aliphatic carbocycles. The summed E-state index contributed by atoms with van der Waals surface area (Å²) in [6, 6.07) is 22.8. The number of carbonyl (C=O) groups is 2. The summed E-state index contributed by atoms with van der Waals surface area (Å²) in [7, 11) is 0. The highest BCUT2D eigenvalue weighted by Gasteiger charge is 2.28. The Kier molecular flexibility index (Phi) is 8.18. The Bertz CT molecular complexity index is 1480. The van der Waals surface area contributed by atoms with E-state index < -0.39 is 23.8 Å². The molecule has 0 saturated carbocycles. The number of carbonyl (C=O) groups excluding carboxylic acids is 2. The first-order valence-corrected chi connectivity index (χ1v) is 13.0. The molecule has 0 aliphatic rings. The molecule has 3 N–H and O–H groups in total. The highest BCUT2D eigenvalue weighted by atomic mass is 79.9. The lowest BCUT2D eigenvalue weighted by Gasteiger charge is -2.27. The summed E-state index contributed by atoms with van der Waals surface area (Å²) < 4.78 is 6.23. The maximum Gasteiger partial charge on any atom is 0.407 e. The van der Waals surface area contributed by atoms with Gasteiger partial charge in [-0.2, -0.15) is 5.26 Å². The van der Waals surface area contributed by atoms with Crippen molar-refractivity contribution in [2.45, 2.75) is 44.9 Å². The average Bonchev–Trinajstić information content (AvgIpc) is 3.29. The molecule has 7 nitrogen and oxygen atoms in total. The van der Waals surface area contributed by atoms with Crippen LogP contribution in [0.3, 0.4) is 0 Å². The molecule has 4 aromatic rings. The van der Waals surface area contributed by atoms with E-state index in [4.69, 9.17) is 4.74 Å². The van der Waals surface area contributed by atoms with Gasteiger partial charge in [0.05, 0.1) is 12.1 Å². The zero-order valence-electron chi connectivity index (χ0n) is 21.4. The number of alkyl carbamates (subject to hydrolysis) is 1. The Morgan fingerprint density at radius 1 is 1.05 bits per heavy atom. The monoisotopic (exact) mass is 572 g/mol. The maximum absolute atomic E-state index is 13.4. The number of hydrogen-bond donors (Lipinski definition) is 3. The van der Waals surface area contributed by atoms with E-state index >= 15 is 0 Å². The van der Waals surface area contributed by atoms with Crippen molar-refractivity contribution in [2.24, 2.45) is 0 Å². The number of benzene rings is 3. The van der Waals surface area contributed by atoms with E-state index in [0.717, 1.165) is 20.9 Å². The number of aromatic amines is 1. The molecule has 2 atom stereocenters. The standard InChI is InChI=1S/C30H29BrN4O3/c1-30(2,3)38-29(37)35-26(15-20-18-33-24-12-8-7-11-22(20)24)27(17-32)34-25-14-13-21(31)16-23(25)28(36)19-9-5-4-6-10-19/h4-14,16,18,26-27,33-34H,15H2,1-3H3,(H,35,37)/t26-,27?/m0/s1. The average molecular weight is 573 g/mol. The molecule has 0 radical (unpaired) electrons. The van der Waals surface area contributed by atoms with Crippen LogP contribution >= 0.6 is 15.9 Å². The summed E-state index contributed by atoms with van der Waals surface area (Å²) in [4.78, 5) is 29.4. The number of fused-ring (bicyclic) bond motifs is 1. The zero-order valence-corrected chi connectivity index (χ0v) is 23.0. The minimum atomic E-state index is -0.875. The largest absolute Gasteiger partial charge is 0.444 e. The van der Waals surface area contributed by atoms with E-state index in [1.165, 1.54) is 0 Å². The number of amides is 1. The van der Waals surface area contributed by atoms with Crippen LogP contribution in [0.15, 0.2) is 83.5 Å². The van der Waals surface area contributed by atoms with Crippen LogP contribution in [0.5, 0.6) is 0 Å². The fourth-order valence-electron chi connectivity index (χ4n) is 4.21. The van der Waals surface area contributed by atoms with Gasteiger partial charge in [0, 0.05) is 38.4 Å². The van der Waals surface area contributed by atoms with E-state index in [2.05, 4.69) is 37.6 Å². The third-order valence-electron chi connectivity index (χ3n) is 5.93. The fraction of sp³-hybridized carbons (Fsp3) is 0.233. The van der Waals surface area contributed by atoms with Crippen LogP contribution < -0.4 is 10.6 Å². The van der Waals surface area contributed by atoms with Crippen LogP contribution in [0.25, 0.3) is 10.9 Å². The van der Waals surface area contributed by atoms with E-state index in [1.807, 2.05) is 36.5 Å². The summed E-state index contributed by atoms with van der Waals surface area (Å²) in [5.41, 5.74) is 2.64. The molecule has 0 spiro atoms.